The first kappa shape index (κ1) is 13.0. The second-order valence-corrected chi connectivity index (χ2v) is 5.51. The number of carbonyl (C=O) groups is 1. The topological polar surface area (TPSA) is 55.1 Å². The highest BCUT2D eigenvalue weighted by Gasteiger charge is 2.27. The molecule has 3 rings (SSSR count). The summed E-state index contributed by atoms with van der Waals surface area (Å²) in [6.45, 7) is 0. The summed E-state index contributed by atoms with van der Waals surface area (Å²) in [6, 6.07) is 13.3. The molecule has 4 heteroatoms. The van der Waals surface area contributed by atoms with Gasteiger partial charge in [0.05, 0.1) is 10.7 Å². The van der Waals surface area contributed by atoms with E-state index in [0.717, 1.165) is 12.8 Å². The van der Waals surface area contributed by atoms with Gasteiger partial charge >= 0.3 is 0 Å². The fourth-order valence-electron chi connectivity index (χ4n) is 2.61. The third-order valence-electron chi connectivity index (χ3n) is 3.69. The Kier molecular flexibility index (Phi) is 3.36. The molecular formula is C16H15ClN2O. The van der Waals surface area contributed by atoms with Crippen LogP contribution in [-0.4, -0.2) is 5.91 Å². The Balaban J connectivity index is 1.71. The van der Waals surface area contributed by atoms with E-state index in [1.807, 2.05) is 12.1 Å². The average Bonchev–Trinajstić information content (AvgIpc) is 2.87. The SMILES string of the molecule is Nc1cc(NC(=O)C2Cc3ccccc3C2)ccc1Cl. The quantitative estimate of drug-likeness (QED) is 0.833. The summed E-state index contributed by atoms with van der Waals surface area (Å²) in [5.41, 5.74) is 9.43. The number of halogens is 1. The van der Waals surface area contributed by atoms with E-state index in [2.05, 4.69) is 17.4 Å². The summed E-state index contributed by atoms with van der Waals surface area (Å²) in [6.07, 6.45) is 1.59. The maximum atomic E-state index is 12.3. The molecule has 0 aliphatic heterocycles. The lowest BCUT2D eigenvalue weighted by atomic mass is 10.1. The van der Waals surface area contributed by atoms with Crippen LogP contribution in [0.3, 0.4) is 0 Å². The number of hydrogen-bond acceptors (Lipinski definition) is 2. The van der Waals surface area contributed by atoms with Crippen molar-refractivity contribution in [1.82, 2.24) is 0 Å². The molecule has 0 spiro atoms. The molecule has 1 aliphatic rings. The first-order chi connectivity index (χ1) is 9.63. The van der Waals surface area contributed by atoms with Gasteiger partial charge in [-0.15, -0.1) is 0 Å². The van der Waals surface area contributed by atoms with Crippen molar-refractivity contribution in [2.45, 2.75) is 12.8 Å². The largest absolute Gasteiger partial charge is 0.397 e. The molecule has 1 aliphatic carbocycles. The standard InChI is InChI=1S/C16H15ClN2O/c17-14-6-5-13(9-15(14)18)19-16(20)12-7-10-3-1-2-4-11(10)8-12/h1-6,9,12H,7-8,18H2,(H,19,20). The Hall–Kier alpha value is -2.00. The van der Waals surface area contributed by atoms with E-state index >= 15 is 0 Å². The minimum atomic E-state index is -0.00991. The number of nitrogens with one attached hydrogen (secondary N) is 1. The lowest BCUT2D eigenvalue weighted by Gasteiger charge is -2.11. The molecule has 0 saturated carbocycles. The Labute approximate surface area is 122 Å². The fraction of sp³-hybridized carbons (Fsp3) is 0.188. The fourth-order valence-corrected chi connectivity index (χ4v) is 2.73. The molecule has 3 N–H and O–H groups in total. The van der Waals surface area contributed by atoms with Crippen LogP contribution in [0.2, 0.25) is 5.02 Å². The number of amides is 1. The number of rotatable bonds is 2. The van der Waals surface area contributed by atoms with Gasteiger partial charge in [-0.25, -0.2) is 0 Å². The van der Waals surface area contributed by atoms with Crippen molar-refractivity contribution in [3.63, 3.8) is 0 Å². The minimum Gasteiger partial charge on any atom is -0.397 e. The predicted molar refractivity (Wildman–Crippen MR) is 81.8 cm³/mol. The van der Waals surface area contributed by atoms with Crippen LogP contribution < -0.4 is 11.1 Å². The van der Waals surface area contributed by atoms with Gasteiger partial charge < -0.3 is 11.1 Å². The molecule has 0 atom stereocenters. The van der Waals surface area contributed by atoms with Crippen LogP contribution in [0.5, 0.6) is 0 Å². The van der Waals surface area contributed by atoms with Crippen LogP contribution >= 0.6 is 11.6 Å². The second-order valence-electron chi connectivity index (χ2n) is 5.10. The zero-order valence-corrected chi connectivity index (χ0v) is 11.7. The highest BCUT2D eigenvalue weighted by Crippen LogP contribution is 2.28. The van der Waals surface area contributed by atoms with Gasteiger partial charge in [0.15, 0.2) is 0 Å². The van der Waals surface area contributed by atoms with E-state index < -0.39 is 0 Å². The molecule has 1 amide bonds. The summed E-state index contributed by atoms with van der Waals surface area (Å²) in [7, 11) is 0. The van der Waals surface area contributed by atoms with Crippen molar-refractivity contribution in [3.8, 4) is 0 Å². The minimum absolute atomic E-state index is 0.00991. The maximum absolute atomic E-state index is 12.3. The van der Waals surface area contributed by atoms with Gasteiger partial charge in [-0.3, -0.25) is 4.79 Å². The van der Waals surface area contributed by atoms with Gasteiger partial charge in [0, 0.05) is 11.6 Å². The van der Waals surface area contributed by atoms with Crippen molar-refractivity contribution in [3.05, 3.63) is 58.6 Å². The molecule has 3 nitrogen and oxygen atoms in total. The van der Waals surface area contributed by atoms with Gasteiger partial charge in [-0.05, 0) is 42.2 Å². The summed E-state index contributed by atoms with van der Waals surface area (Å²) in [5, 5.41) is 3.41. The lowest BCUT2D eigenvalue weighted by Crippen LogP contribution is -2.23. The van der Waals surface area contributed by atoms with Crippen LogP contribution in [0.25, 0.3) is 0 Å². The van der Waals surface area contributed by atoms with E-state index in [9.17, 15) is 4.79 Å². The van der Waals surface area contributed by atoms with Crippen molar-refractivity contribution >= 4 is 28.9 Å². The summed E-state index contributed by atoms with van der Waals surface area (Å²) < 4.78 is 0. The number of hydrogen-bond donors (Lipinski definition) is 2. The number of nitrogen functional groups attached to an aromatic ring is 1. The van der Waals surface area contributed by atoms with E-state index in [1.165, 1.54) is 11.1 Å². The van der Waals surface area contributed by atoms with Crippen LogP contribution in [0.4, 0.5) is 11.4 Å². The van der Waals surface area contributed by atoms with Crippen LogP contribution in [0.1, 0.15) is 11.1 Å². The third kappa shape index (κ3) is 2.49. The van der Waals surface area contributed by atoms with Gasteiger partial charge in [0.25, 0.3) is 0 Å². The molecule has 20 heavy (non-hydrogen) atoms. The summed E-state index contributed by atoms with van der Waals surface area (Å²) in [4.78, 5) is 12.3. The first-order valence-corrected chi connectivity index (χ1v) is 6.94. The van der Waals surface area contributed by atoms with Crippen LogP contribution in [0, 0.1) is 5.92 Å². The molecule has 0 radical (unpaired) electrons. The Morgan fingerprint density at radius 3 is 2.40 bits per heavy atom. The zero-order valence-electron chi connectivity index (χ0n) is 10.9. The molecule has 0 aromatic heterocycles. The smallest absolute Gasteiger partial charge is 0.228 e. The van der Waals surface area contributed by atoms with Crippen molar-refractivity contribution < 1.29 is 4.79 Å². The molecule has 0 heterocycles. The van der Waals surface area contributed by atoms with Crippen molar-refractivity contribution in [2.75, 3.05) is 11.1 Å². The van der Waals surface area contributed by atoms with E-state index in [0.29, 0.717) is 16.4 Å². The monoisotopic (exact) mass is 286 g/mol. The molecule has 2 aromatic rings. The highest BCUT2D eigenvalue weighted by molar-refractivity contribution is 6.33. The molecule has 102 valence electrons. The number of fused-ring (bicyclic) bond motifs is 1. The van der Waals surface area contributed by atoms with Gasteiger partial charge in [-0.2, -0.15) is 0 Å². The van der Waals surface area contributed by atoms with E-state index in [-0.39, 0.29) is 11.8 Å². The number of nitrogens with two attached hydrogens (primary N) is 1. The third-order valence-corrected chi connectivity index (χ3v) is 4.03. The summed E-state index contributed by atoms with van der Waals surface area (Å²) >= 11 is 5.87. The summed E-state index contributed by atoms with van der Waals surface area (Å²) in [5.74, 6) is 0.0206. The predicted octanol–water partition coefficient (Wildman–Crippen LogP) is 3.28. The number of benzene rings is 2. The number of anilines is 2. The van der Waals surface area contributed by atoms with Crippen molar-refractivity contribution in [1.29, 1.82) is 0 Å². The Morgan fingerprint density at radius 1 is 1.15 bits per heavy atom. The van der Waals surface area contributed by atoms with E-state index in [4.69, 9.17) is 17.3 Å². The average molecular weight is 287 g/mol. The molecule has 0 fully saturated rings. The normalized spacial score (nSPS) is 14.1. The van der Waals surface area contributed by atoms with Crippen molar-refractivity contribution in [2.24, 2.45) is 5.92 Å². The Morgan fingerprint density at radius 2 is 1.80 bits per heavy atom. The van der Waals surface area contributed by atoms with Crippen LogP contribution in [0.15, 0.2) is 42.5 Å². The molecular weight excluding hydrogens is 272 g/mol. The molecule has 0 saturated heterocycles. The van der Waals surface area contributed by atoms with E-state index in [1.54, 1.807) is 18.2 Å². The zero-order chi connectivity index (χ0) is 14.1. The molecule has 0 unspecified atom stereocenters. The number of carbonyl (C=O) groups excluding carboxylic acids is 1. The molecule has 2 aromatic carbocycles. The maximum Gasteiger partial charge on any atom is 0.228 e. The van der Waals surface area contributed by atoms with Gasteiger partial charge in [-0.1, -0.05) is 35.9 Å². The van der Waals surface area contributed by atoms with Gasteiger partial charge in [0.2, 0.25) is 5.91 Å². The van der Waals surface area contributed by atoms with Crippen LogP contribution in [-0.2, 0) is 17.6 Å². The lowest BCUT2D eigenvalue weighted by molar-refractivity contribution is -0.119. The van der Waals surface area contributed by atoms with Gasteiger partial charge in [0.1, 0.15) is 0 Å². The first-order valence-electron chi connectivity index (χ1n) is 6.56. The molecule has 0 bridgehead atoms. The second kappa shape index (κ2) is 5.17. The highest BCUT2D eigenvalue weighted by atomic mass is 35.5. The Bertz CT molecular complexity index is 644.